The minimum Gasteiger partial charge on any atom is -0.140 e. The van der Waals surface area contributed by atoms with Gasteiger partial charge in [-0.15, -0.1) is 45.3 Å². The van der Waals surface area contributed by atoms with E-state index in [2.05, 4.69) is 62.4 Å². The van der Waals surface area contributed by atoms with E-state index >= 15 is 0 Å². The van der Waals surface area contributed by atoms with E-state index in [4.69, 9.17) is 0 Å². The van der Waals surface area contributed by atoms with Crippen LogP contribution in [0, 0.1) is 6.92 Å². The Balaban J connectivity index is 1.48. The molecule has 0 radical (unpaired) electrons. The lowest BCUT2D eigenvalue weighted by atomic mass is 10.1. The minimum absolute atomic E-state index is 1.13. The molecule has 4 aromatic heterocycles. The highest BCUT2D eigenvalue weighted by Gasteiger charge is 2.10. The molecule has 25 heavy (non-hydrogen) atoms. The molecule has 4 heteroatoms. The normalized spacial score (nSPS) is 11.8. The topological polar surface area (TPSA) is 0 Å². The first-order valence-electron chi connectivity index (χ1n) is 8.32. The van der Waals surface area contributed by atoms with Crippen LogP contribution < -0.4 is 0 Å². The summed E-state index contributed by atoms with van der Waals surface area (Å²) in [4.78, 5) is 5.62. The molecular formula is C21H16S4. The summed E-state index contributed by atoms with van der Waals surface area (Å²) in [5, 5.41) is 0. The fourth-order valence-corrected chi connectivity index (χ4v) is 7.79. The van der Waals surface area contributed by atoms with E-state index in [1.165, 1.54) is 49.4 Å². The zero-order valence-electron chi connectivity index (χ0n) is 14.0. The second kappa shape index (κ2) is 6.06. The molecule has 0 atom stereocenters. The highest BCUT2D eigenvalue weighted by Crippen LogP contribution is 2.41. The Kier molecular flexibility index (Phi) is 3.82. The van der Waals surface area contributed by atoms with Crippen LogP contribution in [0.1, 0.15) is 16.7 Å². The van der Waals surface area contributed by atoms with Gasteiger partial charge in [-0.25, -0.2) is 0 Å². The fourth-order valence-electron chi connectivity index (χ4n) is 3.10. The molecule has 0 bridgehead atoms. The molecule has 0 spiro atoms. The largest absolute Gasteiger partial charge is 0.140 e. The summed E-state index contributed by atoms with van der Waals surface area (Å²) >= 11 is 7.62. The molecule has 124 valence electrons. The average Bonchev–Trinajstić information content (AvgIpc) is 3.32. The molecule has 0 saturated heterocycles. The highest BCUT2D eigenvalue weighted by molar-refractivity contribution is 7.30. The van der Waals surface area contributed by atoms with Gasteiger partial charge in [-0.3, -0.25) is 0 Å². The second-order valence-corrected chi connectivity index (χ2v) is 10.8. The average molecular weight is 397 g/mol. The van der Waals surface area contributed by atoms with Crippen LogP contribution in [0.5, 0.6) is 0 Å². The summed E-state index contributed by atoms with van der Waals surface area (Å²) < 4.78 is 5.67. The molecule has 0 fully saturated rings. The minimum atomic E-state index is 1.13. The van der Waals surface area contributed by atoms with Gasteiger partial charge in [0.25, 0.3) is 0 Å². The van der Waals surface area contributed by atoms with E-state index < -0.39 is 0 Å². The second-order valence-electron chi connectivity index (χ2n) is 6.18. The maximum absolute atomic E-state index is 2.35. The molecule has 5 aromatic rings. The van der Waals surface area contributed by atoms with Crippen molar-refractivity contribution in [2.75, 3.05) is 0 Å². The Labute approximate surface area is 163 Å². The summed E-state index contributed by atoms with van der Waals surface area (Å²) in [6.45, 7) is 4.41. The zero-order chi connectivity index (χ0) is 17.0. The van der Waals surface area contributed by atoms with Gasteiger partial charge in [0.05, 0.1) is 0 Å². The van der Waals surface area contributed by atoms with Crippen LogP contribution in [0.2, 0.25) is 0 Å². The molecule has 5 rings (SSSR count). The highest BCUT2D eigenvalue weighted by atomic mass is 32.1. The van der Waals surface area contributed by atoms with Gasteiger partial charge in [-0.2, -0.15) is 0 Å². The van der Waals surface area contributed by atoms with Gasteiger partial charge in [-0.05, 0) is 48.7 Å². The third-order valence-electron chi connectivity index (χ3n) is 4.39. The smallest absolute Gasteiger partial charge is 0.0460 e. The standard InChI is InChI=1S/C21H16S4/c1-3-15-9-19-21(23-15)11-17(25-19)14-6-4-13(5-7-14)16-10-20-18(24-16)8-12(2)22-20/h4-11H,3H2,1-2H3. The van der Waals surface area contributed by atoms with Crippen molar-refractivity contribution in [2.45, 2.75) is 20.3 Å². The van der Waals surface area contributed by atoms with E-state index in [0.717, 1.165) is 6.42 Å². The SMILES string of the molecule is CCc1cc2sc(-c3ccc(-c4cc5sc(C)cc5s4)cc3)cc2s1. The predicted octanol–water partition coefficient (Wildman–Crippen LogP) is 8.44. The fraction of sp³-hybridized carbons (Fsp3) is 0.143. The van der Waals surface area contributed by atoms with Gasteiger partial charge in [0.15, 0.2) is 0 Å². The van der Waals surface area contributed by atoms with Crippen molar-refractivity contribution in [1.82, 2.24) is 0 Å². The van der Waals surface area contributed by atoms with E-state index in [0.29, 0.717) is 0 Å². The van der Waals surface area contributed by atoms with Crippen molar-refractivity contribution in [3.05, 3.63) is 58.3 Å². The van der Waals surface area contributed by atoms with Crippen LogP contribution >= 0.6 is 45.3 Å². The number of benzene rings is 1. The molecule has 0 aliphatic heterocycles. The maximum Gasteiger partial charge on any atom is 0.0460 e. The van der Waals surface area contributed by atoms with Gasteiger partial charge in [0.2, 0.25) is 0 Å². The first-order valence-corrected chi connectivity index (χ1v) is 11.6. The maximum atomic E-state index is 2.35. The number of hydrogen-bond donors (Lipinski definition) is 0. The van der Waals surface area contributed by atoms with E-state index in [1.54, 1.807) is 0 Å². The molecular weight excluding hydrogens is 380 g/mol. The number of fused-ring (bicyclic) bond motifs is 2. The van der Waals surface area contributed by atoms with E-state index in [1.807, 2.05) is 45.3 Å². The van der Waals surface area contributed by atoms with Gasteiger partial charge < -0.3 is 0 Å². The molecule has 1 aromatic carbocycles. The van der Waals surface area contributed by atoms with Crippen molar-refractivity contribution < 1.29 is 0 Å². The Hall–Kier alpha value is -1.46. The Bertz CT molecular complexity index is 1120. The van der Waals surface area contributed by atoms with Crippen LogP contribution in [-0.2, 0) is 6.42 Å². The monoisotopic (exact) mass is 396 g/mol. The number of thiophene rings is 4. The Morgan fingerprint density at radius 2 is 1.16 bits per heavy atom. The molecule has 0 nitrogen and oxygen atoms in total. The van der Waals surface area contributed by atoms with Crippen molar-refractivity contribution in [1.29, 1.82) is 0 Å². The van der Waals surface area contributed by atoms with Crippen molar-refractivity contribution in [3.8, 4) is 20.9 Å². The third-order valence-corrected chi connectivity index (χ3v) is 9.14. The number of hydrogen-bond acceptors (Lipinski definition) is 4. The molecule has 0 amide bonds. The molecule has 0 N–H and O–H groups in total. The van der Waals surface area contributed by atoms with Gasteiger partial charge in [0.1, 0.15) is 0 Å². The first-order chi connectivity index (χ1) is 12.2. The summed E-state index contributed by atoms with van der Waals surface area (Å²) in [7, 11) is 0. The first kappa shape index (κ1) is 15.8. The van der Waals surface area contributed by atoms with Gasteiger partial charge >= 0.3 is 0 Å². The van der Waals surface area contributed by atoms with Crippen molar-refractivity contribution in [2.24, 2.45) is 0 Å². The summed E-state index contributed by atoms with van der Waals surface area (Å²) in [5.74, 6) is 0. The molecule has 0 saturated carbocycles. The molecule has 0 aliphatic rings. The third kappa shape index (κ3) is 2.77. The van der Waals surface area contributed by atoms with E-state index in [9.17, 15) is 0 Å². The van der Waals surface area contributed by atoms with Crippen LogP contribution in [0.15, 0.2) is 48.5 Å². The predicted molar refractivity (Wildman–Crippen MR) is 118 cm³/mol. The number of aryl methyl sites for hydroxylation is 2. The quantitative estimate of drug-likeness (QED) is 0.287. The van der Waals surface area contributed by atoms with Crippen LogP contribution in [0.25, 0.3) is 39.7 Å². The lowest BCUT2D eigenvalue weighted by Gasteiger charge is -2.00. The zero-order valence-corrected chi connectivity index (χ0v) is 17.2. The van der Waals surface area contributed by atoms with Crippen LogP contribution in [-0.4, -0.2) is 0 Å². The Morgan fingerprint density at radius 1 is 0.640 bits per heavy atom. The molecule has 0 unspecified atom stereocenters. The Morgan fingerprint density at radius 3 is 1.68 bits per heavy atom. The lowest BCUT2D eigenvalue weighted by Crippen LogP contribution is -1.74. The van der Waals surface area contributed by atoms with Crippen LogP contribution in [0.3, 0.4) is 0 Å². The summed E-state index contributed by atoms with van der Waals surface area (Å²) in [6, 6.07) is 18.4. The number of rotatable bonds is 3. The van der Waals surface area contributed by atoms with Gasteiger partial charge in [0, 0.05) is 38.3 Å². The lowest BCUT2D eigenvalue weighted by molar-refractivity contribution is 1.19. The van der Waals surface area contributed by atoms with Crippen molar-refractivity contribution >= 4 is 64.1 Å². The van der Waals surface area contributed by atoms with Crippen molar-refractivity contribution in [3.63, 3.8) is 0 Å². The summed E-state index contributed by atoms with van der Waals surface area (Å²) in [6.07, 6.45) is 1.13. The molecule has 0 aliphatic carbocycles. The molecule has 4 heterocycles. The van der Waals surface area contributed by atoms with Gasteiger partial charge in [-0.1, -0.05) is 31.2 Å². The summed E-state index contributed by atoms with van der Waals surface area (Å²) in [5.41, 5.74) is 2.64. The van der Waals surface area contributed by atoms with E-state index in [-0.39, 0.29) is 0 Å². The van der Waals surface area contributed by atoms with Crippen LogP contribution in [0.4, 0.5) is 0 Å².